The highest BCUT2D eigenvalue weighted by molar-refractivity contribution is 7.92. The Labute approximate surface area is 158 Å². The van der Waals surface area contributed by atoms with E-state index in [-0.39, 0.29) is 15.5 Å². The average molecular weight is 407 g/mol. The zero-order valence-electron chi connectivity index (χ0n) is 14.1. The number of benzene rings is 2. The molecule has 1 N–H and O–H groups in total. The van der Waals surface area contributed by atoms with Gasteiger partial charge in [-0.25, -0.2) is 17.6 Å². The van der Waals surface area contributed by atoms with Gasteiger partial charge in [-0.05, 0) is 30.3 Å². The van der Waals surface area contributed by atoms with Crippen LogP contribution in [0.3, 0.4) is 0 Å². The van der Waals surface area contributed by atoms with Gasteiger partial charge in [-0.1, -0.05) is 18.2 Å². The molecule has 0 aliphatic heterocycles. The van der Waals surface area contributed by atoms with E-state index in [1.807, 2.05) is 0 Å². The first-order valence-electron chi connectivity index (χ1n) is 7.70. The first-order chi connectivity index (χ1) is 12.8. The number of nitrogens with one attached hydrogen (secondary N) is 1. The van der Waals surface area contributed by atoms with Crippen molar-refractivity contribution in [3.8, 4) is 0 Å². The van der Waals surface area contributed by atoms with Crippen LogP contribution in [0.1, 0.15) is 9.67 Å². The normalized spacial score (nSPS) is 11.3. The topological polar surface area (TPSA) is 89.5 Å². The van der Waals surface area contributed by atoms with Gasteiger partial charge in [-0.3, -0.25) is 4.79 Å². The van der Waals surface area contributed by atoms with Gasteiger partial charge in [0.15, 0.2) is 9.84 Å². The molecule has 2 aromatic carbocycles. The van der Waals surface area contributed by atoms with Gasteiger partial charge >= 0.3 is 5.97 Å². The van der Waals surface area contributed by atoms with Gasteiger partial charge in [0.05, 0.1) is 17.7 Å². The minimum Gasteiger partial charge on any atom is -0.465 e. The molecule has 0 fully saturated rings. The zero-order chi connectivity index (χ0) is 19.6. The van der Waals surface area contributed by atoms with Crippen LogP contribution in [0.2, 0.25) is 0 Å². The molecule has 0 bridgehead atoms. The Balaban J connectivity index is 1.90. The smallest absolute Gasteiger partial charge is 0.350 e. The Hall–Kier alpha value is -2.78. The third kappa shape index (κ3) is 3.99. The van der Waals surface area contributed by atoms with Gasteiger partial charge in [-0.2, -0.15) is 0 Å². The van der Waals surface area contributed by atoms with Crippen molar-refractivity contribution in [2.24, 2.45) is 0 Å². The van der Waals surface area contributed by atoms with Crippen LogP contribution in [0, 0.1) is 5.82 Å². The lowest BCUT2D eigenvalue weighted by Crippen LogP contribution is -2.23. The number of halogens is 1. The molecule has 0 spiro atoms. The van der Waals surface area contributed by atoms with Crippen molar-refractivity contribution >= 4 is 48.8 Å². The van der Waals surface area contributed by atoms with Crippen molar-refractivity contribution in [1.29, 1.82) is 0 Å². The van der Waals surface area contributed by atoms with Gasteiger partial charge in [0.25, 0.3) is 0 Å². The van der Waals surface area contributed by atoms with E-state index in [2.05, 4.69) is 5.32 Å². The Kier molecular flexibility index (Phi) is 5.24. The van der Waals surface area contributed by atoms with Crippen molar-refractivity contribution in [3.05, 3.63) is 59.2 Å². The first-order valence-corrected chi connectivity index (χ1v) is 10.2. The molecule has 3 rings (SSSR count). The summed E-state index contributed by atoms with van der Waals surface area (Å²) in [6, 6.07) is 11.2. The number of carbonyl (C=O) groups excluding carboxylic acids is 2. The summed E-state index contributed by atoms with van der Waals surface area (Å²) in [6.07, 6.45) is 0. The third-order valence-corrected chi connectivity index (χ3v) is 6.51. The number of fused-ring (bicyclic) bond motifs is 1. The molecule has 0 saturated heterocycles. The summed E-state index contributed by atoms with van der Waals surface area (Å²) in [5.74, 6) is -2.87. The fraction of sp³-hybridized carbons (Fsp3) is 0.111. The highest BCUT2D eigenvalue weighted by atomic mass is 32.2. The van der Waals surface area contributed by atoms with E-state index in [0.29, 0.717) is 5.39 Å². The molecule has 1 aromatic heterocycles. The number of hydrogen-bond acceptors (Lipinski definition) is 6. The van der Waals surface area contributed by atoms with Crippen LogP contribution in [0.5, 0.6) is 0 Å². The molecular weight excluding hydrogens is 393 g/mol. The van der Waals surface area contributed by atoms with Crippen LogP contribution in [0.4, 0.5) is 10.1 Å². The largest absolute Gasteiger partial charge is 0.465 e. The van der Waals surface area contributed by atoms with Crippen LogP contribution in [0.15, 0.2) is 53.4 Å². The zero-order valence-corrected chi connectivity index (χ0v) is 15.7. The molecule has 140 valence electrons. The second kappa shape index (κ2) is 7.45. The Bertz CT molecular complexity index is 1120. The van der Waals surface area contributed by atoms with Gasteiger partial charge in [0.2, 0.25) is 5.91 Å². The molecule has 0 saturated carbocycles. The van der Waals surface area contributed by atoms with Crippen molar-refractivity contribution in [2.45, 2.75) is 4.90 Å². The fourth-order valence-corrected chi connectivity index (χ4v) is 4.69. The molecule has 6 nitrogen and oxygen atoms in total. The summed E-state index contributed by atoms with van der Waals surface area (Å²) in [5, 5.41) is 3.11. The highest BCUT2D eigenvalue weighted by Gasteiger charge is 2.24. The van der Waals surface area contributed by atoms with E-state index in [4.69, 9.17) is 4.74 Å². The van der Waals surface area contributed by atoms with Crippen LogP contribution < -0.4 is 5.32 Å². The summed E-state index contributed by atoms with van der Waals surface area (Å²) in [6.45, 7) is 0. The number of ether oxygens (including phenoxy) is 1. The van der Waals surface area contributed by atoms with Crippen molar-refractivity contribution in [1.82, 2.24) is 0 Å². The van der Waals surface area contributed by atoms with Crippen molar-refractivity contribution in [3.63, 3.8) is 0 Å². The van der Waals surface area contributed by atoms with E-state index in [0.717, 1.165) is 40.3 Å². The van der Waals surface area contributed by atoms with Gasteiger partial charge in [0, 0.05) is 10.1 Å². The molecule has 0 unspecified atom stereocenters. The molecule has 0 aliphatic rings. The standard InChI is InChI=1S/C18H14FNO5S2/c1-25-18(22)17-16(13-4-2-3-5-14(13)26-17)20-15(21)10-27(23,24)12-8-6-11(19)7-9-12/h2-9H,10H2,1H3,(H,20,21). The van der Waals surface area contributed by atoms with E-state index in [1.54, 1.807) is 24.3 Å². The number of hydrogen-bond donors (Lipinski definition) is 1. The van der Waals surface area contributed by atoms with E-state index in [9.17, 15) is 22.4 Å². The number of carbonyl (C=O) groups is 2. The second-order valence-corrected chi connectivity index (χ2v) is 8.60. The van der Waals surface area contributed by atoms with Crippen LogP contribution in [0.25, 0.3) is 10.1 Å². The minimum absolute atomic E-state index is 0.164. The quantitative estimate of drug-likeness (QED) is 0.518. The Morgan fingerprint density at radius 1 is 1.11 bits per heavy atom. The Morgan fingerprint density at radius 2 is 1.78 bits per heavy atom. The maximum atomic E-state index is 13.0. The summed E-state index contributed by atoms with van der Waals surface area (Å²) in [7, 11) is -2.74. The van der Waals surface area contributed by atoms with E-state index in [1.165, 1.54) is 7.11 Å². The van der Waals surface area contributed by atoms with E-state index >= 15 is 0 Å². The third-order valence-electron chi connectivity index (χ3n) is 3.72. The first kappa shape index (κ1) is 19.0. The van der Waals surface area contributed by atoms with Crippen LogP contribution in [-0.2, 0) is 19.4 Å². The van der Waals surface area contributed by atoms with E-state index < -0.39 is 33.3 Å². The summed E-state index contributed by atoms with van der Waals surface area (Å²) in [5.41, 5.74) is 0.210. The van der Waals surface area contributed by atoms with Gasteiger partial charge in [0.1, 0.15) is 16.4 Å². The molecular formula is C18H14FNO5S2. The molecule has 0 aliphatic carbocycles. The molecule has 27 heavy (non-hydrogen) atoms. The SMILES string of the molecule is COC(=O)c1sc2ccccc2c1NC(=O)CS(=O)(=O)c1ccc(F)cc1. The molecule has 1 heterocycles. The molecule has 1 amide bonds. The maximum absolute atomic E-state index is 13.0. The number of anilines is 1. The fourth-order valence-electron chi connectivity index (χ4n) is 2.48. The number of rotatable bonds is 5. The lowest BCUT2D eigenvalue weighted by molar-refractivity contribution is -0.113. The lowest BCUT2D eigenvalue weighted by atomic mass is 10.2. The minimum atomic E-state index is -3.96. The second-order valence-electron chi connectivity index (χ2n) is 5.56. The maximum Gasteiger partial charge on any atom is 0.350 e. The molecule has 0 atom stereocenters. The number of thiophene rings is 1. The Morgan fingerprint density at radius 3 is 2.44 bits per heavy atom. The lowest BCUT2D eigenvalue weighted by Gasteiger charge is -2.08. The number of amides is 1. The summed E-state index contributed by atoms with van der Waals surface area (Å²) < 4.78 is 43.2. The summed E-state index contributed by atoms with van der Waals surface area (Å²) in [4.78, 5) is 24.4. The summed E-state index contributed by atoms with van der Waals surface area (Å²) >= 11 is 1.13. The van der Waals surface area contributed by atoms with Gasteiger partial charge < -0.3 is 10.1 Å². The van der Waals surface area contributed by atoms with Crippen LogP contribution in [-0.4, -0.2) is 33.2 Å². The molecule has 9 heteroatoms. The highest BCUT2D eigenvalue weighted by Crippen LogP contribution is 2.36. The number of esters is 1. The van der Waals surface area contributed by atoms with Crippen LogP contribution >= 0.6 is 11.3 Å². The molecule has 0 radical (unpaired) electrons. The average Bonchev–Trinajstić information content (AvgIpc) is 2.99. The van der Waals surface area contributed by atoms with Crippen molar-refractivity contribution in [2.75, 3.05) is 18.2 Å². The number of sulfone groups is 1. The molecule has 3 aromatic rings. The van der Waals surface area contributed by atoms with Gasteiger partial charge in [-0.15, -0.1) is 11.3 Å². The number of methoxy groups -OCH3 is 1. The predicted octanol–water partition coefficient (Wildman–Crippen LogP) is 3.24. The monoisotopic (exact) mass is 407 g/mol. The van der Waals surface area contributed by atoms with Crippen molar-refractivity contribution < 1.29 is 27.1 Å². The predicted molar refractivity (Wildman–Crippen MR) is 100 cm³/mol.